The Kier molecular flexibility index (Phi) is 7.68. The second kappa shape index (κ2) is 10.4. The standard InChI is InChI=1S/C25H27N5O.ClH/c1-17-3-8-22(15-18(17)2)30-24(20-10-13-27-14-11-20)23(16-28-30)25(31)29-21-6-4-19(5-7-21)9-12-26;/h3-8,15-16,20,27H,9-11,13-14H2,1-2H3,(H,29,31);1H. The fraction of sp³-hybridized carbons (Fsp3) is 0.320. The van der Waals surface area contributed by atoms with Crippen molar-refractivity contribution in [1.29, 1.82) is 5.26 Å². The number of aryl methyl sites for hydroxylation is 2. The zero-order valence-electron chi connectivity index (χ0n) is 18.4. The third kappa shape index (κ3) is 5.01. The number of carbonyl (C=O) groups is 1. The minimum Gasteiger partial charge on any atom is -0.322 e. The zero-order valence-corrected chi connectivity index (χ0v) is 19.2. The quantitative estimate of drug-likeness (QED) is 0.591. The van der Waals surface area contributed by atoms with Crippen LogP contribution in [0.3, 0.4) is 0 Å². The third-order valence-corrected chi connectivity index (χ3v) is 6.01. The van der Waals surface area contributed by atoms with E-state index in [0.717, 1.165) is 42.9 Å². The first kappa shape index (κ1) is 23.5. The van der Waals surface area contributed by atoms with Gasteiger partial charge < -0.3 is 10.6 Å². The van der Waals surface area contributed by atoms with Gasteiger partial charge in [0.1, 0.15) is 0 Å². The van der Waals surface area contributed by atoms with E-state index in [-0.39, 0.29) is 24.2 Å². The molecule has 2 N–H and O–H groups in total. The van der Waals surface area contributed by atoms with Crippen LogP contribution in [0.15, 0.2) is 48.7 Å². The maximum Gasteiger partial charge on any atom is 0.259 e. The largest absolute Gasteiger partial charge is 0.322 e. The van der Waals surface area contributed by atoms with Crippen molar-refractivity contribution in [3.63, 3.8) is 0 Å². The van der Waals surface area contributed by atoms with Crippen LogP contribution in [-0.2, 0) is 6.42 Å². The number of nitrogens with zero attached hydrogens (tertiary/aromatic N) is 3. The molecule has 4 rings (SSSR count). The lowest BCUT2D eigenvalue weighted by molar-refractivity contribution is 0.102. The number of aromatic nitrogens is 2. The maximum absolute atomic E-state index is 13.2. The summed E-state index contributed by atoms with van der Waals surface area (Å²) in [4.78, 5) is 13.2. The fourth-order valence-corrected chi connectivity index (χ4v) is 4.08. The molecule has 2 heterocycles. The van der Waals surface area contributed by atoms with E-state index in [1.54, 1.807) is 6.20 Å². The smallest absolute Gasteiger partial charge is 0.259 e. The van der Waals surface area contributed by atoms with Crippen molar-refractivity contribution in [2.75, 3.05) is 18.4 Å². The van der Waals surface area contributed by atoms with Crippen LogP contribution in [0.1, 0.15) is 51.5 Å². The molecule has 166 valence electrons. The summed E-state index contributed by atoms with van der Waals surface area (Å²) in [7, 11) is 0. The van der Waals surface area contributed by atoms with Crippen LogP contribution in [-0.4, -0.2) is 28.8 Å². The van der Waals surface area contributed by atoms with Crippen LogP contribution in [0.5, 0.6) is 0 Å². The van der Waals surface area contributed by atoms with Gasteiger partial charge in [-0.1, -0.05) is 18.2 Å². The highest BCUT2D eigenvalue weighted by Gasteiger charge is 2.27. The Balaban J connectivity index is 0.00000289. The Morgan fingerprint density at radius 2 is 1.88 bits per heavy atom. The van der Waals surface area contributed by atoms with Crippen LogP contribution in [0.4, 0.5) is 5.69 Å². The Morgan fingerprint density at radius 3 is 2.53 bits per heavy atom. The van der Waals surface area contributed by atoms with E-state index in [1.165, 1.54) is 11.1 Å². The zero-order chi connectivity index (χ0) is 21.8. The number of nitriles is 1. The monoisotopic (exact) mass is 449 g/mol. The summed E-state index contributed by atoms with van der Waals surface area (Å²) < 4.78 is 1.94. The lowest BCUT2D eigenvalue weighted by Gasteiger charge is -2.25. The molecule has 0 aliphatic carbocycles. The molecule has 0 atom stereocenters. The lowest BCUT2D eigenvalue weighted by atomic mass is 9.91. The van der Waals surface area contributed by atoms with E-state index in [2.05, 4.69) is 53.8 Å². The van der Waals surface area contributed by atoms with Crippen molar-refractivity contribution in [3.8, 4) is 11.8 Å². The molecule has 1 aliphatic rings. The molecule has 1 amide bonds. The summed E-state index contributed by atoms with van der Waals surface area (Å²) in [6.45, 7) is 6.06. The van der Waals surface area contributed by atoms with Crippen LogP contribution in [0.25, 0.3) is 5.69 Å². The van der Waals surface area contributed by atoms with E-state index in [9.17, 15) is 4.79 Å². The number of carbonyl (C=O) groups excluding carboxylic acids is 1. The third-order valence-electron chi connectivity index (χ3n) is 6.01. The number of amides is 1. The molecule has 2 aromatic carbocycles. The number of anilines is 1. The summed E-state index contributed by atoms with van der Waals surface area (Å²) in [5.41, 5.74) is 6.65. The number of hydrogen-bond donors (Lipinski definition) is 2. The van der Waals surface area contributed by atoms with Gasteiger partial charge in [0.25, 0.3) is 5.91 Å². The van der Waals surface area contributed by atoms with E-state index in [0.29, 0.717) is 17.7 Å². The van der Waals surface area contributed by atoms with Gasteiger partial charge in [-0.05, 0) is 80.7 Å². The van der Waals surface area contributed by atoms with E-state index < -0.39 is 0 Å². The molecule has 0 unspecified atom stereocenters. The fourth-order valence-electron chi connectivity index (χ4n) is 4.08. The van der Waals surface area contributed by atoms with Crippen LogP contribution < -0.4 is 10.6 Å². The molecule has 0 saturated carbocycles. The highest BCUT2D eigenvalue weighted by molar-refractivity contribution is 6.05. The van der Waals surface area contributed by atoms with Gasteiger partial charge in [0.15, 0.2) is 0 Å². The Labute approximate surface area is 195 Å². The number of benzene rings is 2. The van der Waals surface area contributed by atoms with Crippen LogP contribution >= 0.6 is 12.4 Å². The molecule has 0 radical (unpaired) electrons. The summed E-state index contributed by atoms with van der Waals surface area (Å²) in [5.74, 6) is 0.112. The number of piperidine rings is 1. The second-order valence-corrected chi connectivity index (χ2v) is 8.13. The van der Waals surface area contributed by atoms with Gasteiger partial charge in [-0.2, -0.15) is 10.4 Å². The van der Waals surface area contributed by atoms with Crippen LogP contribution in [0, 0.1) is 25.2 Å². The molecular formula is C25H28ClN5O. The maximum atomic E-state index is 13.2. The molecule has 1 aliphatic heterocycles. The normalized spacial score (nSPS) is 13.8. The summed E-state index contributed by atoms with van der Waals surface area (Å²) >= 11 is 0. The molecule has 7 heteroatoms. The Bertz CT molecular complexity index is 1120. The average molecular weight is 450 g/mol. The minimum atomic E-state index is -0.156. The Hall–Kier alpha value is -3.14. The predicted molar refractivity (Wildman–Crippen MR) is 129 cm³/mol. The number of hydrogen-bond acceptors (Lipinski definition) is 4. The molecule has 0 bridgehead atoms. The molecule has 1 fully saturated rings. The van der Waals surface area contributed by atoms with Gasteiger partial charge >= 0.3 is 0 Å². The SMILES string of the molecule is Cc1ccc(-n2ncc(C(=O)Nc3ccc(CC#N)cc3)c2C2CCNCC2)cc1C.Cl. The summed E-state index contributed by atoms with van der Waals surface area (Å²) in [6, 6.07) is 15.8. The molecule has 32 heavy (non-hydrogen) atoms. The van der Waals surface area contributed by atoms with Crippen molar-refractivity contribution < 1.29 is 4.79 Å². The Morgan fingerprint density at radius 1 is 1.16 bits per heavy atom. The molecule has 1 aromatic heterocycles. The predicted octanol–water partition coefficient (Wildman–Crippen LogP) is 4.70. The molecule has 3 aromatic rings. The van der Waals surface area contributed by atoms with Gasteiger partial charge in [-0.3, -0.25) is 4.79 Å². The van der Waals surface area contributed by atoms with Crippen molar-refractivity contribution in [3.05, 3.63) is 76.6 Å². The highest BCUT2D eigenvalue weighted by Crippen LogP contribution is 2.31. The van der Waals surface area contributed by atoms with Gasteiger partial charge in [-0.15, -0.1) is 12.4 Å². The van der Waals surface area contributed by atoms with Gasteiger partial charge in [0.05, 0.1) is 35.6 Å². The summed E-state index contributed by atoms with van der Waals surface area (Å²) in [6.07, 6.45) is 3.99. The average Bonchev–Trinajstić information content (AvgIpc) is 3.23. The van der Waals surface area contributed by atoms with Crippen molar-refractivity contribution >= 4 is 24.0 Å². The summed E-state index contributed by atoms with van der Waals surface area (Å²) in [5, 5.41) is 19.9. The van der Waals surface area contributed by atoms with Gasteiger partial charge in [0.2, 0.25) is 0 Å². The number of rotatable bonds is 5. The molecule has 1 saturated heterocycles. The van der Waals surface area contributed by atoms with Gasteiger partial charge in [-0.25, -0.2) is 4.68 Å². The van der Waals surface area contributed by atoms with Gasteiger partial charge in [0, 0.05) is 11.6 Å². The molecule has 0 spiro atoms. The van der Waals surface area contributed by atoms with E-state index in [4.69, 9.17) is 5.26 Å². The van der Waals surface area contributed by atoms with E-state index in [1.807, 2.05) is 28.9 Å². The molecular weight excluding hydrogens is 422 g/mol. The molecule has 6 nitrogen and oxygen atoms in total. The van der Waals surface area contributed by atoms with Crippen molar-refractivity contribution in [2.24, 2.45) is 0 Å². The van der Waals surface area contributed by atoms with Crippen molar-refractivity contribution in [1.82, 2.24) is 15.1 Å². The first-order chi connectivity index (χ1) is 15.1. The first-order valence-corrected chi connectivity index (χ1v) is 10.7. The minimum absolute atomic E-state index is 0. The lowest BCUT2D eigenvalue weighted by Crippen LogP contribution is -2.29. The first-order valence-electron chi connectivity index (χ1n) is 10.7. The number of halogens is 1. The van der Waals surface area contributed by atoms with Crippen molar-refractivity contribution in [2.45, 2.75) is 39.0 Å². The number of nitrogens with one attached hydrogen (secondary N) is 2. The van der Waals surface area contributed by atoms with Crippen LogP contribution in [0.2, 0.25) is 0 Å². The van der Waals surface area contributed by atoms with E-state index >= 15 is 0 Å². The highest BCUT2D eigenvalue weighted by atomic mass is 35.5. The second-order valence-electron chi connectivity index (χ2n) is 8.13. The topological polar surface area (TPSA) is 82.7 Å².